The molecule has 120 valence electrons. The standard InChI is InChI=1S/C14H18N2O5S/c1-7-6-10(9(3)22-7)11(17)4-5-12(18)21-8(2)13(19)16-14(15)20/h6,8H,4-5H2,1-3H3,(H3,15,16,19,20)/t8-/m0/s1. The molecule has 3 N–H and O–H groups in total. The normalized spacial score (nSPS) is 11.6. The van der Waals surface area contributed by atoms with Gasteiger partial charge in [0.25, 0.3) is 5.91 Å². The quantitative estimate of drug-likeness (QED) is 0.606. The molecule has 7 nitrogen and oxygen atoms in total. The molecular formula is C14H18N2O5S. The van der Waals surface area contributed by atoms with Crippen LogP contribution in [0.5, 0.6) is 0 Å². The zero-order valence-corrected chi connectivity index (χ0v) is 13.4. The topological polar surface area (TPSA) is 116 Å². The number of Topliss-reactive ketones (excluding diaryl/α,β-unsaturated/α-hetero) is 1. The van der Waals surface area contributed by atoms with Gasteiger partial charge in [-0.05, 0) is 26.8 Å². The first kappa shape index (κ1) is 17.8. The third-order valence-electron chi connectivity index (χ3n) is 2.82. The van der Waals surface area contributed by atoms with Gasteiger partial charge in [-0.25, -0.2) is 4.79 Å². The van der Waals surface area contributed by atoms with E-state index in [-0.39, 0.29) is 18.6 Å². The van der Waals surface area contributed by atoms with E-state index in [2.05, 4.69) is 0 Å². The van der Waals surface area contributed by atoms with Crippen molar-refractivity contribution in [2.45, 2.75) is 39.7 Å². The van der Waals surface area contributed by atoms with E-state index in [4.69, 9.17) is 10.5 Å². The van der Waals surface area contributed by atoms with E-state index in [0.29, 0.717) is 5.56 Å². The number of urea groups is 1. The maximum absolute atomic E-state index is 12.0. The number of esters is 1. The SMILES string of the molecule is Cc1cc(C(=O)CCC(=O)O[C@@H](C)C(=O)NC(N)=O)c(C)s1. The van der Waals surface area contributed by atoms with Crippen LogP contribution < -0.4 is 11.1 Å². The van der Waals surface area contributed by atoms with Crippen LogP contribution in [0.4, 0.5) is 4.79 Å². The van der Waals surface area contributed by atoms with Gasteiger partial charge < -0.3 is 10.5 Å². The Hall–Kier alpha value is -2.22. The second-order valence-electron chi connectivity index (χ2n) is 4.74. The summed E-state index contributed by atoms with van der Waals surface area (Å²) in [5, 5.41) is 1.81. The minimum Gasteiger partial charge on any atom is -0.453 e. The number of nitrogens with one attached hydrogen (secondary N) is 1. The molecule has 0 radical (unpaired) electrons. The minimum atomic E-state index is -1.15. The van der Waals surface area contributed by atoms with Crippen LogP contribution in [-0.4, -0.2) is 29.8 Å². The maximum atomic E-state index is 12.0. The summed E-state index contributed by atoms with van der Waals surface area (Å²) >= 11 is 1.52. The van der Waals surface area contributed by atoms with E-state index in [1.165, 1.54) is 18.3 Å². The Bertz CT molecular complexity index is 608. The van der Waals surface area contributed by atoms with Gasteiger partial charge in [-0.3, -0.25) is 19.7 Å². The highest BCUT2D eigenvalue weighted by Gasteiger charge is 2.20. The zero-order valence-electron chi connectivity index (χ0n) is 12.6. The summed E-state index contributed by atoms with van der Waals surface area (Å²) in [6.45, 7) is 5.06. The fourth-order valence-electron chi connectivity index (χ4n) is 1.79. The van der Waals surface area contributed by atoms with Gasteiger partial charge in [0.15, 0.2) is 11.9 Å². The average molecular weight is 326 g/mol. The molecule has 22 heavy (non-hydrogen) atoms. The molecule has 1 rings (SSSR count). The molecular weight excluding hydrogens is 308 g/mol. The number of nitrogens with two attached hydrogens (primary N) is 1. The highest BCUT2D eigenvalue weighted by molar-refractivity contribution is 7.12. The second-order valence-corrected chi connectivity index (χ2v) is 6.20. The summed E-state index contributed by atoms with van der Waals surface area (Å²) in [5.41, 5.74) is 5.39. The molecule has 0 aliphatic rings. The van der Waals surface area contributed by atoms with Crippen molar-refractivity contribution >= 4 is 35.0 Å². The molecule has 0 bridgehead atoms. The van der Waals surface area contributed by atoms with Crippen molar-refractivity contribution in [2.75, 3.05) is 0 Å². The number of carbonyl (C=O) groups excluding carboxylic acids is 4. The van der Waals surface area contributed by atoms with Crippen LogP contribution in [0.2, 0.25) is 0 Å². The van der Waals surface area contributed by atoms with Crippen molar-refractivity contribution in [3.63, 3.8) is 0 Å². The van der Waals surface area contributed by atoms with Gasteiger partial charge in [-0.1, -0.05) is 0 Å². The first-order valence-corrected chi connectivity index (χ1v) is 7.42. The largest absolute Gasteiger partial charge is 0.453 e. The lowest BCUT2D eigenvalue weighted by molar-refractivity contribution is -0.154. The van der Waals surface area contributed by atoms with Crippen molar-refractivity contribution in [2.24, 2.45) is 5.73 Å². The Morgan fingerprint density at radius 1 is 1.27 bits per heavy atom. The molecule has 0 fully saturated rings. The Morgan fingerprint density at radius 2 is 1.91 bits per heavy atom. The molecule has 1 aromatic rings. The van der Waals surface area contributed by atoms with Crippen LogP contribution in [0.1, 0.15) is 39.9 Å². The fourth-order valence-corrected chi connectivity index (χ4v) is 2.73. The Morgan fingerprint density at radius 3 is 2.41 bits per heavy atom. The summed E-state index contributed by atoms with van der Waals surface area (Å²) in [6.07, 6.45) is -1.29. The highest BCUT2D eigenvalue weighted by atomic mass is 32.1. The number of hydrogen-bond donors (Lipinski definition) is 2. The van der Waals surface area contributed by atoms with Gasteiger partial charge in [-0.15, -0.1) is 11.3 Å². The maximum Gasteiger partial charge on any atom is 0.318 e. The van der Waals surface area contributed by atoms with Crippen molar-refractivity contribution in [3.8, 4) is 0 Å². The Balaban J connectivity index is 2.46. The number of hydrogen-bond acceptors (Lipinski definition) is 6. The molecule has 1 aromatic heterocycles. The monoisotopic (exact) mass is 326 g/mol. The number of aryl methyl sites for hydroxylation is 2. The number of primary amides is 1. The predicted molar refractivity (Wildman–Crippen MR) is 80.6 cm³/mol. The predicted octanol–water partition coefficient (Wildman–Crippen LogP) is 1.45. The van der Waals surface area contributed by atoms with Crippen LogP contribution in [0, 0.1) is 13.8 Å². The molecule has 0 saturated carbocycles. The van der Waals surface area contributed by atoms with Crippen LogP contribution in [-0.2, 0) is 14.3 Å². The van der Waals surface area contributed by atoms with Gasteiger partial charge in [0, 0.05) is 21.7 Å². The number of ketones is 1. The van der Waals surface area contributed by atoms with E-state index in [1.54, 1.807) is 11.4 Å². The number of thiophene rings is 1. The molecule has 8 heteroatoms. The van der Waals surface area contributed by atoms with E-state index >= 15 is 0 Å². The molecule has 0 spiro atoms. The average Bonchev–Trinajstić information content (AvgIpc) is 2.74. The molecule has 0 aliphatic carbocycles. The van der Waals surface area contributed by atoms with Crippen molar-refractivity contribution in [1.82, 2.24) is 5.32 Å². The second kappa shape index (κ2) is 7.69. The number of carbonyl (C=O) groups is 4. The van der Waals surface area contributed by atoms with Gasteiger partial charge in [0.2, 0.25) is 0 Å². The van der Waals surface area contributed by atoms with Gasteiger partial charge in [0.05, 0.1) is 6.42 Å². The first-order chi connectivity index (χ1) is 10.2. The molecule has 0 unspecified atom stereocenters. The first-order valence-electron chi connectivity index (χ1n) is 6.60. The molecule has 0 aliphatic heterocycles. The number of amides is 3. The summed E-state index contributed by atoms with van der Waals surface area (Å²) in [6, 6.07) is 0.766. The lowest BCUT2D eigenvalue weighted by Gasteiger charge is -2.11. The lowest BCUT2D eigenvalue weighted by atomic mass is 10.1. The van der Waals surface area contributed by atoms with Crippen molar-refractivity contribution < 1.29 is 23.9 Å². The van der Waals surface area contributed by atoms with Crippen LogP contribution >= 0.6 is 11.3 Å². The fraction of sp³-hybridized carbons (Fsp3) is 0.429. The van der Waals surface area contributed by atoms with Crippen LogP contribution in [0.25, 0.3) is 0 Å². The summed E-state index contributed by atoms with van der Waals surface area (Å²) < 4.78 is 4.83. The van der Waals surface area contributed by atoms with Crippen molar-refractivity contribution in [1.29, 1.82) is 0 Å². The molecule has 0 aromatic carbocycles. The highest BCUT2D eigenvalue weighted by Crippen LogP contribution is 2.22. The van der Waals surface area contributed by atoms with Crippen molar-refractivity contribution in [3.05, 3.63) is 21.4 Å². The molecule has 1 atom stereocenters. The Kier molecular flexibility index (Phi) is 6.24. The van der Waals surface area contributed by atoms with Gasteiger partial charge in [0.1, 0.15) is 0 Å². The van der Waals surface area contributed by atoms with Gasteiger partial charge in [-0.2, -0.15) is 0 Å². The number of ether oxygens (including phenoxy) is 1. The van der Waals surface area contributed by atoms with E-state index < -0.39 is 24.0 Å². The summed E-state index contributed by atoms with van der Waals surface area (Å²) in [7, 11) is 0. The molecule has 3 amide bonds. The van der Waals surface area contributed by atoms with Crippen LogP contribution in [0.15, 0.2) is 6.07 Å². The third-order valence-corrected chi connectivity index (χ3v) is 3.79. The minimum absolute atomic E-state index is 0.00000512. The van der Waals surface area contributed by atoms with E-state index in [1.807, 2.05) is 13.8 Å². The van der Waals surface area contributed by atoms with E-state index in [9.17, 15) is 19.2 Å². The molecule has 0 saturated heterocycles. The van der Waals surface area contributed by atoms with Gasteiger partial charge >= 0.3 is 12.0 Å². The molecule has 1 heterocycles. The van der Waals surface area contributed by atoms with E-state index in [0.717, 1.165) is 9.75 Å². The Labute approximate surface area is 131 Å². The smallest absolute Gasteiger partial charge is 0.318 e. The number of imide groups is 1. The number of rotatable bonds is 6. The summed E-state index contributed by atoms with van der Waals surface area (Å²) in [4.78, 5) is 47.4. The zero-order chi connectivity index (χ0) is 16.9. The third kappa shape index (κ3) is 5.28. The lowest BCUT2D eigenvalue weighted by Crippen LogP contribution is -2.42. The van der Waals surface area contributed by atoms with Crippen LogP contribution in [0.3, 0.4) is 0 Å². The summed E-state index contributed by atoms with van der Waals surface area (Å²) in [5.74, 6) is -1.64.